The van der Waals surface area contributed by atoms with Gasteiger partial charge in [0.25, 0.3) is 5.91 Å². The van der Waals surface area contributed by atoms with Crippen LogP contribution in [0, 0.1) is 5.41 Å². The van der Waals surface area contributed by atoms with E-state index in [1.165, 1.54) is 34.5 Å². The fourth-order valence-corrected chi connectivity index (χ4v) is 9.90. The molecule has 0 fully saturated rings. The lowest BCUT2D eigenvalue weighted by atomic mass is 9.76. The van der Waals surface area contributed by atoms with Gasteiger partial charge in [0.15, 0.2) is 5.78 Å². The van der Waals surface area contributed by atoms with E-state index in [2.05, 4.69) is 69.6 Å². The number of urea groups is 2. The van der Waals surface area contributed by atoms with Crippen molar-refractivity contribution in [2.24, 2.45) is 5.41 Å². The quantitative estimate of drug-likeness (QED) is 0.0299. The minimum Gasteiger partial charge on any atom is -0.395 e. The predicted octanol–water partition coefficient (Wildman–Crippen LogP) is 6.54. The predicted molar refractivity (Wildman–Crippen MR) is 266 cm³/mol. The zero-order valence-corrected chi connectivity index (χ0v) is 42.3. The second-order valence-electron chi connectivity index (χ2n) is 18.1. The van der Waals surface area contributed by atoms with E-state index in [1.54, 1.807) is 24.1 Å². The van der Waals surface area contributed by atoms with Gasteiger partial charge in [-0.1, -0.05) is 51.4 Å². The van der Waals surface area contributed by atoms with E-state index in [1.807, 2.05) is 12.1 Å². The number of hydrogen-bond acceptors (Lipinski definition) is 10. The molecule has 5 rings (SSSR count). The number of likely N-dealkylation sites (N-methyl/N-ethyl adjacent to an activating group) is 1. The van der Waals surface area contributed by atoms with Crippen LogP contribution in [0.1, 0.15) is 108 Å². The van der Waals surface area contributed by atoms with Gasteiger partial charge < -0.3 is 41.9 Å². The Labute approximate surface area is 420 Å². The molecule has 22 heteroatoms. The van der Waals surface area contributed by atoms with Crippen molar-refractivity contribution in [3.8, 4) is 5.69 Å². The molecule has 4 aromatic rings. The van der Waals surface area contributed by atoms with E-state index >= 15 is 0 Å². The average molecular weight is 1030 g/mol. The summed E-state index contributed by atoms with van der Waals surface area (Å²) in [6, 6.07) is 9.87. The number of carbonyl (C=O) groups excluding carboxylic acids is 6. The number of ketones is 1. The van der Waals surface area contributed by atoms with Gasteiger partial charge in [-0.2, -0.15) is 18.3 Å². The molecule has 0 spiro atoms. The van der Waals surface area contributed by atoms with Crippen LogP contribution >= 0.6 is 22.9 Å². The first-order valence-electron chi connectivity index (χ1n) is 23.6. The van der Waals surface area contributed by atoms with Gasteiger partial charge in [-0.05, 0) is 79.0 Å². The molecule has 386 valence electrons. The normalized spacial score (nSPS) is 13.1. The molecule has 0 unspecified atom stereocenters. The first-order chi connectivity index (χ1) is 33.7. The number of carbonyl (C=O) groups is 6. The molecule has 0 radical (unpaired) electrons. The van der Waals surface area contributed by atoms with Crippen molar-refractivity contribution in [3.05, 3.63) is 98.1 Å². The average Bonchev–Trinajstić information content (AvgIpc) is 3.96. The van der Waals surface area contributed by atoms with Crippen LogP contribution < -0.4 is 31.9 Å². The molecule has 7 N–H and O–H groups in total. The van der Waals surface area contributed by atoms with Crippen molar-refractivity contribution < 1.29 is 47.0 Å². The van der Waals surface area contributed by atoms with E-state index < -0.39 is 40.5 Å². The Kier molecular flexibility index (Phi) is 20.4. The number of rotatable bonds is 24. The van der Waals surface area contributed by atoms with E-state index in [4.69, 9.17) is 16.7 Å². The van der Waals surface area contributed by atoms with Gasteiger partial charge in [0.2, 0.25) is 11.8 Å². The van der Waals surface area contributed by atoms with Crippen LogP contribution in [0.4, 0.5) is 27.8 Å². The molecule has 0 saturated carbocycles. The van der Waals surface area contributed by atoms with Crippen LogP contribution in [0.15, 0.2) is 54.9 Å². The van der Waals surface area contributed by atoms with Crippen molar-refractivity contribution in [2.45, 2.75) is 91.4 Å². The summed E-state index contributed by atoms with van der Waals surface area (Å²) in [6.07, 6.45) is 1.76. The van der Waals surface area contributed by atoms with E-state index in [0.717, 1.165) is 47.4 Å². The summed E-state index contributed by atoms with van der Waals surface area (Å²) >= 11 is 7.20. The molecule has 1 aliphatic rings. The molecule has 0 bridgehead atoms. The maximum Gasteiger partial charge on any atom is 0.417 e. The number of aliphatic hydroxyl groups is 1. The van der Waals surface area contributed by atoms with Crippen molar-refractivity contribution in [2.75, 3.05) is 64.8 Å². The van der Waals surface area contributed by atoms with Crippen molar-refractivity contribution in [3.63, 3.8) is 0 Å². The molecule has 2 aromatic heterocycles. The Bertz CT molecular complexity index is 2510. The second kappa shape index (κ2) is 25.9. The zero-order valence-electron chi connectivity index (χ0n) is 40.7. The summed E-state index contributed by atoms with van der Waals surface area (Å²) in [5.74, 6) is -1.36. The molecule has 2 aromatic carbocycles. The Morgan fingerprint density at radius 2 is 1.55 bits per heavy atom. The van der Waals surface area contributed by atoms with Crippen LogP contribution in [0.25, 0.3) is 5.69 Å². The van der Waals surface area contributed by atoms with Crippen molar-refractivity contribution in [1.29, 1.82) is 0 Å². The third-order valence-corrected chi connectivity index (χ3v) is 13.7. The highest BCUT2D eigenvalue weighted by Crippen LogP contribution is 2.45. The Morgan fingerprint density at radius 1 is 0.887 bits per heavy atom. The van der Waals surface area contributed by atoms with Crippen molar-refractivity contribution >= 4 is 63.5 Å². The summed E-state index contributed by atoms with van der Waals surface area (Å²) in [4.78, 5) is 82.3. The van der Waals surface area contributed by atoms with Gasteiger partial charge in [-0.25, -0.2) is 14.3 Å². The number of amides is 7. The number of alkyl halides is 3. The van der Waals surface area contributed by atoms with E-state index in [-0.39, 0.29) is 86.7 Å². The van der Waals surface area contributed by atoms with Gasteiger partial charge in [0.1, 0.15) is 5.00 Å². The SMILES string of the molecule is CCC(CC)N(CCN(C)C(=O)CCC(=O)NCCNC(=O)NCCNC(=O)NCCO)Cc1cccc(C(=O)Nc2sc3c(c2C(=O)c2cnn(-c4ccc(Cl)c(C(F)(F)F)c4)c2)CCC(C)(C)C3)c1. The van der Waals surface area contributed by atoms with Gasteiger partial charge >= 0.3 is 18.2 Å². The number of anilines is 1. The van der Waals surface area contributed by atoms with E-state index in [0.29, 0.717) is 48.6 Å². The van der Waals surface area contributed by atoms with E-state index in [9.17, 15) is 41.9 Å². The van der Waals surface area contributed by atoms with Crippen LogP contribution in [0.5, 0.6) is 0 Å². The van der Waals surface area contributed by atoms with Crippen molar-refractivity contribution in [1.82, 2.24) is 46.2 Å². The third kappa shape index (κ3) is 16.2. The monoisotopic (exact) mass is 1030 g/mol. The Hall–Kier alpha value is -6.03. The first-order valence-corrected chi connectivity index (χ1v) is 24.8. The lowest BCUT2D eigenvalue weighted by Crippen LogP contribution is -2.44. The largest absolute Gasteiger partial charge is 0.417 e. The molecule has 0 atom stereocenters. The molecular formula is C49H64ClF3N10O7S. The molecule has 2 heterocycles. The number of halogens is 4. The maximum atomic E-state index is 14.4. The Balaban J connectivity index is 1.17. The fraction of sp³-hybridized carbons (Fsp3) is 0.490. The third-order valence-electron chi connectivity index (χ3n) is 12.2. The number of thiophene rings is 1. The minimum absolute atomic E-state index is 0.00522. The highest BCUT2D eigenvalue weighted by molar-refractivity contribution is 7.17. The Morgan fingerprint density at radius 3 is 2.20 bits per heavy atom. The number of benzene rings is 2. The topological polar surface area (TPSA) is 219 Å². The molecular weight excluding hydrogens is 965 g/mol. The molecule has 0 aliphatic heterocycles. The van der Waals surface area contributed by atoms with Crippen LogP contribution in [-0.2, 0) is 35.2 Å². The molecule has 17 nitrogen and oxygen atoms in total. The number of fused-ring (bicyclic) bond motifs is 1. The maximum absolute atomic E-state index is 14.4. The summed E-state index contributed by atoms with van der Waals surface area (Å²) in [6.45, 7) is 10.5. The van der Waals surface area contributed by atoms with Crippen LogP contribution in [0.3, 0.4) is 0 Å². The summed E-state index contributed by atoms with van der Waals surface area (Å²) < 4.78 is 42.2. The molecule has 7 amide bonds. The summed E-state index contributed by atoms with van der Waals surface area (Å²) in [5.41, 5.74) is 1.60. The van der Waals surface area contributed by atoms with Gasteiger partial charge in [0.05, 0.1) is 40.2 Å². The fourth-order valence-electron chi connectivity index (χ4n) is 8.18. The smallest absolute Gasteiger partial charge is 0.395 e. The number of nitrogens with zero attached hydrogens (tertiary/aromatic N) is 4. The number of aliphatic hydroxyl groups excluding tert-OH is 1. The van der Waals surface area contributed by atoms with Crippen LogP contribution in [-0.4, -0.2) is 126 Å². The molecule has 1 aliphatic carbocycles. The number of aromatic nitrogens is 2. The van der Waals surface area contributed by atoms with Gasteiger partial charge in [-0.15, -0.1) is 11.3 Å². The minimum atomic E-state index is -4.69. The second-order valence-corrected chi connectivity index (χ2v) is 19.6. The highest BCUT2D eigenvalue weighted by atomic mass is 35.5. The lowest BCUT2D eigenvalue weighted by Gasteiger charge is -2.32. The van der Waals surface area contributed by atoms with Crippen LogP contribution in [0.2, 0.25) is 5.02 Å². The molecule has 0 saturated heterocycles. The highest BCUT2D eigenvalue weighted by Gasteiger charge is 2.35. The van der Waals surface area contributed by atoms with Gasteiger partial charge in [-0.3, -0.25) is 24.1 Å². The molecule has 71 heavy (non-hydrogen) atoms. The standard InChI is InChI=1S/C49H64ClF3N10O7S/c1-6-34(7-2)62(23-22-61(5)41(66)14-13-40(65)54-17-18-55-46(69)56-19-20-57-47(70)58-21-24-64)29-31-9-8-10-32(25-31)44(68)60-45-42(36-15-16-48(3,4)27-39(36)71-45)43(67)33-28-59-63(30-33)35-11-12-38(50)37(26-35)49(51,52)53/h8-12,25-26,28,30,34,64H,6-7,13-24,27,29H2,1-5H3,(H,54,65)(H,60,68)(H2,55,56,69)(H2,57,58,70). The number of hydrogen-bond donors (Lipinski definition) is 7. The number of nitrogens with one attached hydrogen (secondary N) is 6. The summed E-state index contributed by atoms with van der Waals surface area (Å²) in [5, 5.41) is 28.7. The summed E-state index contributed by atoms with van der Waals surface area (Å²) in [7, 11) is 1.69. The van der Waals surface area contributed by atoms with Gasteiger partial charge in [0, 0.05) is 94.9 Å². The zero-order chi connectivity index (χ0) is 51.9. The first kappa shape index (κ1) is 55.9. The lowest BCUT2D eigenvalue weighted by molar-refractivity contribution is -0.137.